The van der Waals surface area contributed by atoms with Crippen molar-refractivity contribution in [2.45, 2.75) is 6.92 Å². The van der Waals surface area contributed by atoms with Crippen LogP contribution < -0.4 is 10.6 Å². The topological polar surface area (TPSA) is 93.7 Å². The Labute approximate surface area is 151 Å². The highest BCUT2D eigenvalue weighted by molar-refractivity contribution is 5.97. The van der Waals surface area contributed by atoms with E-state index in [1.54, 1.807) is 25.4 Å². The quantitative estimate of drug-likeness (QED) is 0.516. The third kappa shape index (κ3) is 3.49. The number of benzene rings is 1. The minimum Gasteiger partial charge on any atom is -0.391 e. The molecule has 0 aliphatic rings. The van der Waals surface area contributed by atoms with E-state index in [1.165, 1.54) is 6.21 Å². The molecule has 0 radical (unpaired) electrons. The number of carbonyl (C=O) groups is 1. The van der Waals surface area contributed by atoms with Crippen LogP contribution in [0.3, 0.4) is 0 Å². The Balaban J connectivity index is 1.76. The van der Waals surface area contributed by atoms with Crippen molar-refractivity contribution in [1.29, 1.82) is 5.41 Å². The van der Waals surface area contributed by atoms with E-state index in [2.05, 4.69) is 20.6 Å². The predicted octanol–water partition coefficient (Wildman–Crippen LogP) is 3.10. The summed E-state index contributed by atoms with van der Waals surface area (Å²) in [6.45, 7) is 2.18. The van der Waals surface area contributed by atoms with Gasteiger partial charge in [-0.15, -0.1) is 0 Å². The Morgan fingerprint density at radius 1 is 1.23 bits per heavy atom. The van der Waals surface area contributed by atoms with Crippen molar-refractivity contribution in [1.82, 2.24) is 20.6 Å². The number of amides is 1. The zero-order valence-corrected chi connectivity index (χ0v) is 14.8. The van der Waals surface area contributed by atoms with E-state index >= 15 is 0 Å². The second kappa shape index (κ2) is 7.65. The maximum atomic E-state index is 12.3. The van der Waals surface area contributed by atoms with Crippen LogP contribution in [0.5, 0.6) is 0 Å². The molecular weight excluding hydrogens is 326 g/mol. The number of rotatable bonds is 6. The molecule has 4 N–H and O–H groups in total. The molecule has 0 atom stereocenters. The third-order valence-electron chi connectivity index (χ3n) is 4.37. The maximum absolute atomic E-state index is 12.3. The number of H-pyrrole nitrogens is 1. The number of hydrogen-bond acceptors (Lipinski definition) is 4. The average Bonchev–Trinajstić information content (AvgIpc) is 3.17. The lowest BCUT2D eigenvalue weighted by atomic mass is 10.1. The van der Waals surface area contributed by atoms with Crippen molar-refractivity contribution in [3.8, 4) is 11.3 Å². The van der Waals surface area contributed by atoms with Gasteiger partial charge in [-0.25, -0.2) is 0 Å². The molecule has 2 aromatic heterocycles. The van der Waals surface area contributed by atoms with Crippen LogP contribution in [0.4, 0.5) is 0 Å². The number of aromatic amines is 1. The fourth-order valence-corrected chi connectivity index (χ4v) is 2.72. The van der Waals surface area contributed by atoms with Crippen LogP contribution in [0, 0.1) is 5.41 Å². The Hall–Kier alpha value is -3.41. The number of aromatic nitrogens is 2. The Bertz CT molecular complexity index is 969. The standard InChI is InChI=1S/C20H21N5O/c1-13(22-2)16(11-21)12-25-20(26)15-5-3-14(4-6-15)19-17-7-9-23-18(17)8-10-24-19/h3-11,21-23H,12H2,1-2H3,(H,25,26)/b16-13+,21-11?. The first-order valence-corrected chi connectivity index (χ1v) is 8.32. The first-order chi connectivity index (χ1) is 12.6. The molecule has 26 heavy (non-hydrogen) atoms. The van der Waals surface area contributed by atoms with Gasteiger partial charge in [0.2, 0.25) is 0 Å². The molecule has 2 heterocycles. The van der Waals surface area contributed by atoms with Gasteiger partial charge in [-0.1, -0.05) is 12.1 Å². The number of allylic oxidation sites excluding steroid dienone is 1. The van der Waals surface area contributed by atoms with Crippen LogP contribution in [0.25, 0.3) is 22.2 Å². The lowest BCUT2D eigenvalue weighted by molar-refractivity contribution is 0.0957. The Morgan fingerprint density at radius 2 is 2.00 bits per heavy atom. The van der Waals surface area contributed by atoms with E-state index < -0.39 is 0 Å². The van der Waals surface area contributed by atoms with Crippen LogP contribution in [0.15, 0.2) is 60.1 Å². The van der Waals surface area contributed by atoms with Crippen LogP contribution in [0.2, 0.25) is 0 Å². The summed E-state index contributed by atoms with van der Waals surface area (Å²) < 4.78 is 0. The molecule has 3 rings (SSSR count). The number of fused-ring (bicyclic) bond motifs is 1. The number of hydrogen-bond donors (Lipinski definition) is 4. The van der Waals surface area contributed by atoms with Crippen LogP contribution in [0.1, 0.15) is 17.3 Å². The van der Waals surface area contributed by atoms with Gasteiger partial charge in [-0.05, 0) is 31.2 Å². The molecule has 6 nitrogen and oxygen atoms in total. The summed E-state index contributed by atoms with van der Waals surface area (Å²) >= 11 is 0. The molecule has 1 amide bonds. The minimum absolute atomic E-state index is 0.174. The first-order valence-electron chi connectivity index (χ1n) is 8.32. The van der Waals surface area contributed by atoms with Gasteiger partial charge in [-0.2, -0.15) is 0 Å². The highest BCUT2D eigenvalue weighted by Gasteiger charge is 2.09. The zero-order chi connectivity index (χ0) is 18.5. The van der Waals surface area contributed by atoms with Gasteiger partial charge in [0.15, 0.2) is 0 Å². The molecule has 0 saturated heterocycles. The monoisotopic (exact) mass is 347 g/mol. The molecular formula is C20H21N5O. The highest BCUT2D eigenvalue weighted by atomic mass is 16.1. The SMILES string of the molecule is CN/C(C)=C(\C=N)CNC(=O)c1ccc(-c2nccc3[nH]ccc23)cc1. The molecule has 0 aliphatic carbocycles. The number of pyridine rings is 1. The smallest absolute Gasteiger partial charge is 0.251 e. The Morgan fingerprint density at radius 3 is 2.69 bits per heavy atom. The van der Waals surface area contributed by atoms with E-state index in [9.17, 15) is 4.79 Å². The summed E-state index contributed by atoms with van der Waals surface area (Å²) in [5.41, 5.74) is 5.04. The maximum Gasteiger partial charge on any atom is 0.251 e. The lowest BCUT2D eigenvalue weighted by Gasteiger charge is -2.10. The summed E-state index contributed by atoms with van der Waals surface area (Å²) in [6, 6.07) is 11.3. The minimum atomic E-state index is -0.174. The fourth-order valence-electron chi connectivity index (χ4n) is 2.72. The van der Waals surface area contributed by atoms with Crippen molar-refractivity contribution in [2.24, 2.45) is 0 Å². The summed E-state index contributed by atoms with van der Waals surface area (Å²) in [6.07, 6.45) is 4.90. The second-order valence-electron chi connectivity index (χ2n) is 5.90. The molecule has 132 valence electrons. The van der Waals surface area contributed by atoms with E-state index in [0.717, 1.165) is 33.4 Å². The van der Waals surface area contributed by atoms with Crippen molar-refractivity contribution < 1.29 is 4.79 Å². The normalized spacial score (nSPS) is 11.8. The number of nitrogens with one attached hydrogen (secondary N) is 4. The molecule has 3 aromatic rings. The van der Waals surface area contributed by atoms with E-state index in [1.807, 2.05) is 37.4 Å². The fraction of sp³-hybridized carbons (Fsp3) is 0.150. The zero-order valence-electron chi connectivity index (χ0n) is 14.8. The van der Waals surface area contributed by atoms with Gasteiger partial charge >= 0.3 is 0 Å². The van der Waals surface area contributed by atoms with Gasteiger partial charge in [0.05, 0.1) is 5.69 Å². The third-order valence-corrected chi connectivity index (χ3v) is 4.37. The van der Waals surface area contributed by atoms with E-state index in [0.29, 0.717) is 12.1 Å². The van der Waals surface area contributed by atoms with Gasteiger partial charge in [-0.3, -0.25) is 9.78 Å². The molecule has 1 aromatic carbocycles. The van der Waals surface area contributed by atoms with Gasteiger partial charge in [0.1, 0.15) is 0 Å². The number of carbonyl (C=O) groups excluding carboxylic acids is 1. The van der Waals surface area contributed by atoms with Gasteiger partial charge in [0.25, 0.3) is 5.91 Å². The predicted molar refractivity (Wildman–Crippen MR) is 104 cm³/mol. The molecule has 6 heteroatoms. The van der Waals surface area contributed by atoms with E-state index in [4.69, 9.17) is 5.41 Å². The van der Waals surface area contributed by atoms with Crippen molar-refractivity contribution in [3.63, 3.8) is 0 Å². The average molecular weight is 347 g/mol. The number of nitrogens with zero attached hydrogens (tertiary/aromatic N) is 1. The van der Waals surface area contributed by atoms with Crippen LogP contribution >= 0.6 is 0 Å². The second-order valence-corrected chi connectivity index (χ2v) is 5.90. The van der Waals surface area contributed by atoms with Crippen molar-refractivity contribution >= 4 is 23.0 Å². The molecule has 0 spiro atoms. The summed E-state index contributed by atoms with van der Waals surface area (Å²) in [4.78, 5) is 20.0. The Kier molecular flexibility index (Phi) is 5.12. The first kappa shape index (κ1) is 17.4. The lowest BCUT2D eigenvalue weighted by Crippen LogP contribution is -2.27. The van der Waals surface area contributed by atoms with Crippen LogP contribution in [-0.2, 0) is 0 Å². The molecule has 0 unspecified atom stereocenters. The van der Waals surface area contributed by atoms with Gasteiger partial charge in [0, 0.05) is 65.5 Å². The summed E-state index contributed by atoms with van der Waals surface area (Å²) in [7, 11) is 1.79. The van der Waals surface area contributed by atoms with Crippen molar-refractivity contribution in [2.75, 3.05) is 13.6 Å². The van der Waals surface area contributed by atoms with Gasteiger partial charge < -0.3 is 21.0 Å². The summed E-state index contributed by atoms with van der Waals surface area (Å²) in [5.74, 6) is -0.174. The van der Waals surface area contributed by atoms with Crippen LogP contribution in [-0.4, -0.2) is 35.7 Å². The summed E-state index contributed by atoms with van der Waals surface area (Å²) in [5, 5.41) is 14.3. The largest absolute Gasteiger partial charge is 0.391 e. The van der Waals surface area contributed by atoms with E-state index in [-0.39, 0.29) is 5.91 Å². The van der Waals surface area contributed by atoms with Crippen molar-refractivity contribution in [3.05, 3.63) is 65.6 Å². The molecule has 0 bridgehead atoms. The highest BCUT2D eigenvalue weighted by Crippen LogP contribution is 2.25. The molecule has 0 fully saturated rings. The molecule has 0 aliphatic heterocycles. The molecule has 0 saturated carbocycles.